The molecule has 1 aliphatic heterocycles. The molecule has 0 amide bonds. The smallest absolute Gasteiger partial charge is 0.342 e. The van der Waals surface area contributed by atoms with Crippen molar-refractivity contribution in [1.29, 1.82) is 0 Å². The number of benzene rings is 2. The van der Waals surface area contributed by atoms with E-state index in [-0.39, 0.29) is 24.1 Å². The van der Waals surface area contributed by atoms with Gasteiger partial charge in [0.05, 0.1) is 6.16 Å². The van der Waals surface area contributed by atoms with Gasteiger partial charge in [-0.3, -0.25) is 9.36 Å². The van der Waals surface area contributed by atoms with Gasteiger partial charge in [-0.25, -0.2) is 9.88 Å². The molecule has 8 nitrogen and oxygen atoms in total. The highest BCUT2D eigenvalue weighted by atomic mass is 31.2. The van der Waals surface area contributed by atoms with E-state index < -0.39 is 25.5 Å². The summed E-state index contributed by atoms with van der Waals surface area (Å²) in [4.78, 5) is 23.5. The minimum atomic E-state index is -3.63. The number of rotatable bonds is 10. The number of cyclic esters (lactones) is 1. The van der Waals surface area contributed by atoms with Crippen LogP contribution in [0.1, 0.15) is 53.4 Å². The molecule has 3 N–H and O–H groups in total. The number of carbonyl (C=O) groups is 2. The van der Waals surface area contributed by atoms with Crippen molar-refractivity contribution in [2.45, 2.75) is 53.2 Å². The van der Waals surface area contributed by atoms with E-state index in [1.807, 2.05) is 19.9 Å². The number of phenols is 1. The van der Waals surface area contributed by atoms with E-state index in [2.05, 4.69) is 5.09 Å². The van der Waals surface area contributed by atoms with Crippen molar-refractivity contribution in [2.75, 3.05) is 6.16 Å². The Hall–Kier alpha value is -3.09. The zero-order valence-corrected chi connectivity index (χ0v) is 20.6. The highest BCUT2D eigenvalue weighted by molar-refractivity contribution is 7.57. The quantitative estimate of drug-likeness (QED) is 0.249. The van der Waals surface area contributed by atoms with Gasteiger partial charge in [-0.2, -0.15) is 0 Å². The van der Waals surface area contributed by atoms with Crippen LogP contribution in [0, 0.1) is 6.92 Å². The normalized spacial score (nSPS) is 15.9. The second-order valence-corrected chi connectivity index (χ2v) is 10.5. The lowest BCUT2D eigenvalue weighted by molar-refractivity contribution is -0.138. The molecule has 0 saturated heterocycles. The fourth-order valence-corrected chi connectivity index (χ4v) is 6.27. The van der Waals surface area contributed by atoms with Crippen molar-refractivity contribution in [3.8, 4) is 11.5 Å². The van der Waals surface area contributed by atoms with Crippen molar-refractivity contribution in [3.05, 3.63) is 69.8 Å². The Morgan fingerprint density at radius 3 is 2.59 bits per heavy atom. The number of nitrogens with one attached hydrogen (secondary N) is 1. The van der Waals surface area contributed by atoms with Gasteiger partial charge in [0, 0.05) is 11.1 Å². The van der Waals surface area contributed by atoms with Crippen molar-refractivity contribution >= 4 is 19.5 Å². The molecule has 0 fully saturated rings. The highest BCUT2D eigenvalue weighted by Gasteiger charge is 2.32. The number of phenolic OH excluding ortho intramolecular Hbond substituents is 1. The van der Waals surface area contributed by atoms with Crippen molar-refractivity contribution in [3.63, 3.8) is 0 Å². The van der Waals surface area contributed by atoms with Crippen LogP contribution in [-0.2, 0) is 33.5 Å². The molecular formula is C25H30NO7P. The van der Waals surface area contributed by atoms with E-state index in [9.17, 15) is 24.4 Å². The predicted octanol–water partition coefficient (Wildman–Crippen LogP) is 4.76. The Bertz CT molecular complexity index is 1170. The molecule has 0 aromatic heterocycles. The highest BCUT2D eigenvalue weighted by Crippen LogP contribution is 2.45. The molecule has 0 radical (unpaired) electrons. The zero-order valence-electron chi connectivity index (χ0n) is 19.8. The summed E-state index contributed by atoms with van der Waals surface area (Å²) in [5, 5.41) is 22.8. The topological polar surface area (TPSA) is 122 Å². The number of carboxylic acid groups (broad SMARTS) is 1. The van der Waals surface area contributed by atoms with Gasteiger partial charge in [-0.15, -0.1) is 0 Å². The molecule has 2 atom stereocenters. The number of esters is 1. The molecule has 182 valence electrons. The van der Waals surface area contributed by atoms with Crippen LogP contribution < -0.4 is 9.61 Å². The number of ether oxygens (including phenoxy) is 1. The summed E-state index contributed by atoms with van der Waals surface area (Å²) < 4.78 is 24.5. The molecule has 2 aromatic rings. The van der Waals surface area contributed by atoms with E-state index in [1.54, 1.807) is 37.3 Å². The maximum absolute atomic E-state index is 13.6. The first-order valence-corrected chi connectivity index (χ1v) is 12.9. The average Bonchev–Trinajstić information content (AvgIpc) is 3.17. The standard InChI is InChI=1S/C25H30NO7P/c1-5-19-16(3)21-13-32-25(30)22(21)23(27)20(19)12-11-15(2)14-34(31,26-17(4)24(28)29)33-18-9-7-6-8-10-18/h6-11,17,27H,5,12-14H2,1-4H3,(H,26,31)(H,28,29)/b15-11+. The maximum atomic E-state index is 13.6. The number of hydrogen-bond acceptors (Lipinski definition) is 6. The Morgan fingerprint density at radius 1 is 1.29 bits per heavy atom. The SMILES string of the molecule is CCc1c(C)c2c(c(O)c1C/C=C(\C)CP(=O)(NC(C)C(=O)O)Oc1ccccc1)C(=O)OC2. The summed E-state index contributed by atoms with van der Waals surface area (Å²) in [5.41, 5.74) is 4.12. The summed E-state index contributed by atoms with van der Waals surface area (Å²) in [7, 11) is -3.63. The number of fused-ring (bicyclic) bond motifs is 1. The van der Waals surface area contributed by atoms with E-state index in [0.29, 0.717) is 29.7 Å². The Balaban J connectivity index is 1.89. The molecular weight excluding hydrogens is 457 g/mol. The first-order valence-electron chi connectivity index (χ1n) is 11.1. The Kier molecular flexibility index (Phi) is 7.85. The van der Waals surface area contributed by atoms with Crippen LogP contribution in [0.3, 0.4) is 0 Å². The summed E-state index contributed by atoms with van der Waals surface area (Å²) >= 11 is 0. The molecule has 3 rings (SSSR count). The van der Waals surface area contributed by atoms with Gasteiger partial charge in [0.25, 0.3) is 0 Å². The lowest BCUT2D eigenvalue weighted by Gasteiger charge is -2.23. The molecule has 9 heteroatoms. The minimum Gasteiger partial charge on any atom is -0.507 e. The average molecular weight is 487 g/mol. The van der Waals surface area contributed by atoms with Crippen molar-refractivity contribution in [2.24, 2.45) is 0 Å². The molecule has 34 heavy (non-hydrogen) atoms. The van der Waals surface area contributed by atoms with Gasteiger partial charge in [-0.1, -0.05) is 36.8 Å². The number of carbonyl (C=O) groups excluding carboxylic acids is 1. The monoisotopic (exact) mass is 487 g/mol. The number of aromatic hydroxyl groups is 1. The molecule has 1 aliphatic rings. The maximum Gasteiger partial charge on any atom is 0.342 e. The van der Waals surface area contributed by atoms with Crippen LogP contribution in [-0.4, -0.2) is 34.4 Å². The fourth-order valence-electron chi connectivity index (χ4n) is 4.12. The van der Waals surface area contributed by atoms with Crippen molar-refractivity contribution < 1.29 is 33.6 Å². The van der Waals surface area contributed by atoms with Gasteiger partial charge in [0.1, 0.15) is 29.7 Å². The summed E-state index contributed by atoms with van der Waals surface area (Å²) in [6, 6.07) is 7.48. The molecule has 0 aliphatic carbocycles. The van der Waals surface area contributed by atoms with Crippen LogP contribution in [0.15, 0.2) is 42.0 Å². The number of carboxylic acids is 1. The van der Waals surface area contributed by atoms with E-state index >= 15 is 0 Å². The van der Waals surface area contributed by atoms with Gasteiger partial charge in [-0.05, 0) is 56.9 Å². The molecule has 0 spiro atoms. The first kappa shape index (κ1) is 25.5. The molecule has 2 aromatic carbocycles. The third-order valence-corrected chi connectivity index (χ3v) is 8.07. The fraction of sp³-hybridized carbons (Fsp3) is 0.360. The number of allylic oxidation sites excluding steroid dienone is 2. The van der Waals surface area contributed by atoms with Crippen LogP contribution in [0.2, 0.25) is 0 Å². The Labute approximate surface area is 199 Å². The van der Waals surface area contributed by atoms with Gasteiger partial charge >= 0.3 is 19.5 Å². The number of hydrogen-bond donors (Lipinski definition) is 3. The van der Waals surface area contributed by atoms with Crippen LogP contribution >= 0.6 is 7.52 Å². The lowest BCUT2D eigenvalue weighted by Crippen LogP contribution is -2.33. The van der Waals surface area contributed by atoms with Crippen LogP contribution in [0.5, 0.6) is 11.5 Å². The first-order chi connectivity index (χ1) is 16.1. The molecule has 0 bridgehead atoms. The molecule has 1 heterocycles. The van der Waals surface area contributed by atoms with Gasteiger partial charge < -0.3 is 19.5 Å². The second kappa shape index (κ2) is 10.5. The second-order valence-electron chi connectivity index (χ2n) is 8.39. The number of aliphatic carboxylic acids is 1. The van der Waals surface area contributed by atoms with Gasteiger partial charge in [0.15, 0.2) is 0 Å². The van der Waals surface area contributed by atoms with E-state index in [0.717, 1.165) is 16.7 Å². The predicted molar refractivity (Wildman–Crippen MR) is 129 cm³/mol. The van der Waals surface area contributed by atoms with E-state index in [1.165, 1.54) is 6.92 Å². The van der Waals surface area contributed by atoms with Crippen molar-refractivity contribution in [1.82, 2.24) is 5.09 Å². The third kappa shape index (κ3) is 5.51. The minimum absolute atomic E-state index is 0.0340. The largest absolute Gasteiger partial charge is 0.507 e. The molecule has 0 saturated carbocycles. The molecule has 2 unspecified atom stereocenters. The van der Waals surface area contributed by atoms with Gasteiger partial charge in [0.2, 0.25) is 0 Å². The number of para-hydroxylation sites is 1. The summed E-state index contributed by atoms with van der Waals surface area (Å²) in [6.07, 6.45) is 2.75. The zero-order chi connectivity index (χ0) is 25.0. The Morgan fingerprint density at radius 2 is 1.97 bits per heavy atom. The lowest BCUT2D eigenvalue weighted by atomic mass is 9.89. The van der Waals surface area contributed by atoms with Crippen LogP contribution in [0.4, 0.5) is 0 Å². The van der Waals surface area contributed by atoms with E-state index in [4.69, 9.17) is 9.26 Å². The third-order valence-electron chi connectivity index (χ3n) is 5.87. The summed E-state index contributed by atoms with van der Waals surface area (Å²) in [5.74, 6) is -1.39. The summed E-state index contributed by atoms with van der Waals surface area (Å²) in [6.45, 7) is 7.22. The van der Waals surface area contributed by atoms with Crippen LogP contribution in [0.25, 0.3) is 0 Å².